The van der Waals surface area contributed by atoms with E-state index in [1.54, 1.807) is 29.5 Å². The average molecular weight is 462 g/mol. The summed E-state index contributed by atoms with van der Waals surface area (Å²) in [5.41, 5.74) is 1.48. The van der Waals surface area contributed by atoms with Crippen LogP contribution in [-0.2, 0) is 23.0 Å². The van der Waals surface area contributed by atoms with Crippen LogP contribution in [0.25, 0.3) is 0 Å². The summed E-state index contributed by atoms with van der Waals surface area (Å²) >= 11 is 1.68. The van der Waals surface area contributed by atoms with Crippen LogP contribution in [-0.4, -0.2) is 55.8 Å². The molecule has 0 radical (unpaired) electrons. The summed E-state index contributed by atoms with van der Waals surface area (Å²) in [6, 6.07) is 8.58. The molecule has 0 saturated carbocycles. The highest BCUT2D eigenvalue weighted by molar-refractivity contribution is 7.89. The molecule has 168 valence electrons. The third-order valence-corrected chi connectivity index (χ3v) is 8.92. The Labute approximate surface area is 189 Å². The maximum atomic E-state index is 13.2. The number of hydrogen-bond acceptors (Lipinski definition) is 5. The Balaban J connectivity index is 1.41. The molecule has 0 aliphatic carbocycles. The van der Waals surface area contributed by atoms with Crippen molar-refractivity contribution >= 4 is 27.3 Å². The zero-order chi connectivity index (χ0) is 22.0. The third kappa shape index (κ3) is 5.19. The third-order valence-electron chi connectivity index (χ3n) is 6.05. The highest BCUT2D eigenvalue weighted by Gasteiger charge is 2.29. The number of nitrogens with one attached hydrogen (secondary N) is 1. The maximum absolute atomic E-state index is 13.2. The summed E-state index contributed by atoms with van der Waals surface area (Å²) in [5.74, 6) is 0.445. The number of thiophene rings is 1. The second-order valence-electron chi connectivity index (χ2n) is 8.93. The molecule has 1 saturated heterocycles. The van der Waals surface area contributed by atoms with Gasteiger partial charge in [-0.15, -0.1) is 11.3 Å². The molecular weight excluding hydrogens is 430 g/mol. The van der Waals surface area contributed by atoms with Gasteiger partial charge in [0.15, 0.2) is 0 Å². The van der Waals surface area contributed by atoms with Crippen molar-refractivity contribution < 1.29 is 13.2 Å². The van der Waals surface area contributed by atoms with Crippen LogP contribution in [0.2, 0.25) is 0 Å². The van der Waals surface area contributed by atoms with Gasteiger partial charge in [-0.05, 0) is 60.4 Å². The fourth-order valence-corrected chi connectivity index (χ4v) is 6.77. The van der Waals surface area contributed by atoms with Crippen LogP contribution in [0, 0.1) is 5.92 Å². The predicted octanol–water partition coefficient (Wildman–Crippen LogP) is 3.35. The van der Waals surface area contributed by atoms with Crippen LogP contribution in [0.5, 0.6) is 0 Å². The fraction of sp³-hybridized carbons (Fsp3) is 0.522. The average Bonchev–Trinajstić information content (AvgIpc) is 3.23. The molecule has 0 unspecified atom stereocenters. The molecular formula is C23H31N3O3S2. The molecule has 1 aromatic carbocycles. The lowest BCUT2D eigenvalue weighted by atomic mass is 10.0. The molecule has 0 bridgehead atoms. The van der Waals surface area contributed by atoms with Crippen LogP contribution in [0.15, 0.2) is 40.6 Å². The van der Waals surface area contributed by atoms with Gasteiger partial charge < -0.3 is 10.2 Å². The zero-order valence-corrected chi connectivity index (χ0v) is 19.8. The molecule has 2 aromatic rings. The molecule has 0 atom stereocenters. The number of hydrogen-bond donors (Lipinski definition) is 1. The van der Waals surface area contributed by atoms with Gasteiger partial charge in [0.05, 0.1) is 4.90 Å². The first kappa shape index (κ1) is 22.5. The molecule has 1 fully saturated rings. The Morgan fingerprint density at radius 1 is 1.19 bits per heavy atom. The minimum Gasteiger partial charge on any atom is -0.349 e. The monoisotopic (exact) mass is 461 g/mol. The van der Waals surface area contributed by atoms with Crippen molar-refractivity contribution in [3.63, 3.8) is 0 Å². The van der Waals surface area contributed by atoms with Crippen LogP contribution in [0.4, 0.5) is 0 Å². The summed E-state index contributed by atoms with van der Waals surface area (Å²) in [6.07, 6.45) is 2.59. The summed E-state index contributed by atoms with van der Waals surface area (Å²) < 4.78 is 27.9. The number of carbonyl (C=O) groups is 1. The molecule has 0 spiro atoms. The van der Waals surface area contributed by atoms with Gasteiger partial charge in [0.2, 0.25) is 10.0 Å². The van der Waals surface area contributed by atoms with Crippen molar-refractivity contribution in [2.24, 2.45) is 5.92 Å². The van der Waals surface area contributed by atoms with Gasteiger partial charge in [-0.1, -0.05) is 19.9 Å². The van der Waals surface area contributed by atoms with Crippen molar-refractivity contribution in [2.45, 2.75) is 50.6 Å². The lowest BCUT2D eigenvalue weighted by molar-refractivity contribution is 0.0907. The first-order valence-corrected chi connectivity index (χ1v) is 13.3. The van der Waals surface area contributed by atoms with E-state index in [4.69, 9.17) is 0 Å². The molecule has 1 N–H and O–H groups in total. The van der Waals surface area contributed by atoms with Crippen molar-refractivity contribution in [1.82, 2.24) is 14.5 Å². The highest BCUT2D eigenvalue weighted by atomic mass is 32.2. The predicted molar refractivity (Wildman–Crippen MR) is 124 cm³/mol. The second kappa shape index (κ2) is 9.40. The molecule has 2 aliphatic heterocycles. The standard InChI is InChI=1S/C23H31N3O3S2/c1-17(2)15-25-10-6-20(7-11-25)24-23(27)18-4-3-5-21(14-18)31(28,29)26-12-8-22-19(16-26)9-13-30-22/h3-5,9,13-14,17,20H,6-8,10-12,15-16H2,1-2H3,(H,24,27). The number of benzene rings is 1. The van der Waals surface area contributed by atoms with Gasteiger partial charge in [-0.2, -0.15) is 4.31 Å². The number of amides is 1. The minimum absolute atomic E-state index is 0.135. The molecule has 3 heterocycles. The highest BCUT2D eigenvalue weighted by Crippen LogP contribution is 2.28. The van der Waals surface area contributed by atoms with Crippen LogP contribution in [0.3, 0.4) is 0 Å². The molecule has 31 heavy (non-hydrogen) atoms. The number of nitrogens with zero attached hydrogens (tertiary/aromatic N) is 2. The Kier molecular flexibility index (Phi) is 6.81. The van der Waals surface area contributed by atoms with Crippen LogP contribution in [0.1, 0.15) is 47.5 Å². The topological polar surface area (TPSA) is 69.7 Å². The molecule has 1 amide bonds. The number of carbonyl (C=O) groups excluding carboxylic acids is 1. The fourth-order valence-electron chi connectivity index (χ4n) is 4.42. The molecule has 4 rings (SSSR count). The number of sulfonamides is 1. The summed E-state index contributed by atoms with van der Waals surface area (Å²) in [4.78, 5) is 16.7. The SMILES string of the molecule is CC(C)CN1CCC(NC(=O)c2cccc(S(=O)(=O)N3CCc4sccc4C3)c2)CC1. The first-order chi connectivity index (χ1) is 14.8. The maximum Gasteiger partial charge on any atom is 0.251 e. The van der Waals surface area contributed by atoms with Gasteiger partial charge in [0.25, 0.3) is 5.91 Å². The van der Waals surface area contributed by atoms with E-state index >= 15 is 0 Å². The Hall–Kier alpha value is -1.74. The quantitative estimate of drug-likeness (QED) is 0.716. The van der Waals surface area contributed by atoms with Gasteiger partial charge in [-0.3, -0.25) is 4.79 Å². The van der Waals surface area contributed by atoms with Gasteiger partial charge in [0, 0.05) is 49.2 Å². The van der Waals surface area contributed by atoms with E-state index in [0.29, 0.717) is 24.6 Å². The largest absolute Gasteiger partial charge is 0.349 e. The lowest BCUT2D eigenvalue weighted by Crippen LogP contribution is -2.45. The summed E-state index contributed by atoms with van der Waals surface area (Å²) in [5, 5.41) is 5.12. The smallest absolute Gasteiger partial charge is 0.251 e. The van der Waals surface area contributed by atoms with E-state index in [2.05, 4.69) is 24.1 Å². The number of piperidine rings is 1. The van der Waals surface area contributed by atoms with Crippen LogP contribution >= 0.6 is 11.3 Å². The first-order valence-electron chi connectivity index (χ1n) is 11.0. The Morgan fingerprint density at radius 3 is 2.71 bits per heavy atom. The van der Waals surface area contributed by atoms with Crippen molar-refractivity contribution in [3.8, 4) is 0 Å². The van der Waals surface area contributed by atoms with Crippen LogP contribution < -0.4 is 5.32 Å². The van der Waals surface area contributed by atoms with E-state index in [1.165, 1.54) is 15.2 Å². The van der Waals surface area contributed by atoms with Gasteiger partial charge >= 0.3 is 0 Å². The second-order valence-corrected chi connectivity index (χ2v) is 11.9. The van der Waals surface area contributed by atoms with Crippen molar-refractivity contribution in [3.05, 3.63) is 51.7 Å². The van der Waals surface area contributed by atoms with Crippen molar-refractivity contribution in [2.75, 3.05) is 26.2 Å². The summed E-state index contributed by atoms with van der Waals surface area (Å²) in [6.45, 7) is 8.36. The van der Waals surface area contributed by atoms with Gasteiger partial charge in [0.1, 0.15) is 0 Å². The van der Waals surface area contributed by atoms with E-state index < -0.39 is 10.0 Å². The van der Waals surface area contributed by atoms with Gasteiger partial charge in [-0.25, -0.2) is 8.42 Å². The molecule has 2 aliphatic rings. The zero-order valence-electron chi connectivity index (χ0n) is 18.2. The molecule has 1 aromatic heterocycles. The lowest BCUT2D eigenvalue weighted by Gasteiger charge is -2.33. The van der Waals surface area contributed by atoms with E-state index in [9.17, 15) is 13.2 Å². The van der Waals surface area contributed by atoms with Crippen molar-refractivity contribution in [1.29, 1.82) is 0 Å². The number of fused-ring (bicyclic) bond motifs is 1. The normalized spacial score (nSPS) is 18.8. The van der Waals surface area contributed by atoms with E-state index in [-0.39, 0.29) is 16.8 Å². The molecule has 8 heteroatoms. The Bertz CT molecular complexity index is 1020. The number of likely N-dealkylation sites (tertiary alicyclic amines) is 1. The van der Waals surface area contributed by atoms with E-state index in [0.717, 1.165) is 44.5 Å². The minimum atomic E-state index is -3.64. The molecule has 6 nitrogen and oxygen atoms in total. The number of rotatable bonds is 6. The van der Waals surface area contributed by atoms with E-state index in [1.807, 2.05) is 11.4 Å². The Morgan fingerprint density at radius 2 is 1.97 bits per heavy atom. The summed E-state index contributed by atoms with van der Waals surface area (Å²) in [7, 11) is -3.64.